The topological polar surface area (TPSA) is 96.0 Å². The Morgan fingerprint density at radius 1 is 1.28 bits per heavy atom. The van der Waals surface area contributed by atoms with Crippen LogP contribution < -0.4 is 10.1 Å². The second-order valence-corrected chi connectivity index (χ2v) is 10.2. The average Bonchev–Trinajstić information content (AvgIpc) is 3.15. The summed E-state index contributed by atoms with van der Waals surface area (Å²) in [5.41, 5.74) is 0.0805. The van der Waals surface area contributed by atoms with E-state index in [0.29, 0.717) is 25.8 Å². The van der Waals surface area contributed by atoms with Gasteiger partial charge in [-0.05, 0) is 50.4 Å². The van der Waals surface area contributed by atoms with Crippen LogP contribution in [0, 0.1) is 0 Å². The summed E-state index contributed by atoms with van der Waals surface area (Å²) in [4.78, 5) is 28.7. The Morgan fingerprint density at radius 2 is 1.97 bits per heavy atom. The maximum Gasteiger partial charge on any atom is 0.326 e. The third-order valence-electron chi connectivity index (χ3n) is 5.87. The SMILES string of the molecule is CCN(CN1C(=O)N[C@](C)(CCc2ccc(OC)cc2)C1=O)[C@@H]1CCS(=O)(=O)C1. The minimum Gasteiger partial charge on any atom is -0.497 e. The number of hydrogen-bond donors (Lipinski definition) is 1. The number of hydrogen-bond acceptors (Lipinski definition) is 6. The number of carbonyl (C=O) groups is 2. The van der Waals surface area contributed by atoms with Crippen molar-refractivity contribution >= 4 is 21.8 Å². The van der Waals surface area contributed by atoms with Crippen LogP contribution in [0.2, 0.25) is 0 Å². The van der Waals surface area contributed by atoms with Crippen LogP contribution in [0.3, 0.4) is 0 Å². The molecule has 0 aliphatic carbocycles. The molecule has 0 radical (unpaired) electrons. The minimum atomic E-state index is -3.03. The molecule has 2 aliphatic heterocycles. The van der Waals surface area contributed by atoms with E-state index in [0.717, 1.165) is 11.3 Å². The van der Waals surface area contributed by atoms with Crippen LogP contribution in [0.25, 0.3) is 0 Å². The molecule has 3 rings (SSSR count). The first-order chi connectivity index (χ1) is 13.7. The normalized spacial score (nSPS) is 26.2. The second kappa shape index (κ2) is 8.31. The van der Waals surface area contributed by atoms with Gasteiger partial charge in [0.15, 0.2) is 9.84 Å². The van der Waals surface area contributed by atoms with E-state index in [1.165, 1.54) is 4.90 Å². The van der Waals surface area contributed by atoms with Gasteiger partial charge in [-0.3, -0.25) is 9.69 Å². The van der Waals surface area contributed by atoms with Gasteiger partial charge in [-0.2, -0.15) is 0 Å². The third kappa shape index (κ3) is 4.72. The number of carbonyl (C=O) groups excluding carboxylic acids is 2. The molecule has 0 unspecified atom stereocenters. The fourth-order valence-corrected chi connectivity index (χ4v) is 5.71. The zero-order valence-corrected chi connectivity index (χ0v) is 18.0. The fraction of sp³-hybridized carbons (Fsp3) is 0.600. The third-order valence-corrected chi connectivity index (χ3v) is 7.62. The molecular weight excluding hydrogens is 394 g/mol. The minimum absolute atomic E-state index is 0.0826. The molecule has 2 saturated heterocycles. The number of rotatable bonds is 8. The molecule has 2 heterocycles. The molecule has 8 nitrogen and oxygen atoms in total. The lowest BCUT2D eigenvalue weighted by Crippen LogP contribution is -2.48. The van der Waals surface area contributed by atoms with Crippen molar-refractivity contribution in [2.45, 2.75) is 44.7 Å². The Kier molecular flexibility index (Phi) is 6.19. The number of urea groups is 1. The van der Waals surface area contributed by atoms with Crippen molar-refractivity contribution in [1.82, 2.24) is 15.1 Å². The van der Waals surface area contributed by atoms with Gasteiger partial charge in [0.2, 0.25) is 0 Å². The Bertz CT molecular complexity index is 871. The van der Waals surface area contributed by atoms with Crippen molar-refractivity contribution in [2.75, 3.05) is 31.8 Å². The number of methoxy groups -OCH3 is 1. The summed E-state index contributed by atoms with van der Waals surface area (Å²) in [7, 11) is -1.42. The van der Waals surface area contributed by atoms with E-state index >= 15 is 0 Å². The van der Waals surface area contributed by atoms with E-state index in [4.69, 9.17) is 4.74 Å². The molecular formula is C20H29N3O5S. The van der Waals surface area contributed by atoms with Crippen LogP contribution in [0.5, 0.6) is 5.75 Å². The molecule has 0 aromatic heterocycles. The number of nitrogens with zero attached hydrogens (tertiary/aromatic N) is 2. The number of benzene rings is 1. The van der Waals surface area contributed by atoms with Gasteiger partial charge < -0.3 is 10.1 Å². The average molecular weight is 424 g/mol. The highest BCUT2D eigenvalue weighted by Gasteiger charge is 2.48. The van der Waals surface area contributed by atoms with E-state index in [-0.39, 0.29) is 30.1 Å². The summed E-state index contributed by atoms with van der Waals surface area (Å²) in [5, 5.41) is 2.83. The first-order valence-electron chi connectivity index (χ1n) is 9.89. The van der Waals surface area contributed by atoms with Gasteiger partial charge in [0, 0.05) is 6.04 Å². The van der Waals surface area contributed by atoms with Crippen molar-refractivity contribution in [3.05, 3.63) is 29.8 Å². The van der Waals surface area contributed by atoms with Crippen LogP contribution in [0.4, 0.5) is 4.79 Å². The summed E-state index contributed by atoms with van der Waals surface area (Å²) in [5.74, 6) is 0.743. The summed E-state index contributed by atoms with van der Waals surface area (Å²) in [6.07, 6.45) is 1.65. The van der Waals surface area contributed by atoms with Gasteiger partial charge in [0.05, 0.1) is 25.3 Å². The van der Waals surface area contributed by atoms with Gasteiger partial charge >= 0.3 is 6.03 Å². The van der Waals surface area contributed by atoms with Crippen molar-refractivity contribution in [3.63, 3.8) is 0 Å². The molecule has 2 aliphatic rings. The van der Waals surface area contributed by atoms with Crippen LogP contribution in [-0.4, -0.2) is 73.6 Å². The molecule has 2 fully saturated rings. The predicted octanol–water partition coefficient (Wildman–Crippen LogP) is 1.40. The quantitative estimate of drug-likeness (QED) is 0.635. The van der Waals surface area contributed by atoms with Gasteiger partial charge in [-0.1, -0.05) is 19.1 Å². The number of amides is 3. The Labute approximate surface area is 172 Å². The van der Waals surface area contributed by atoms with E-state index in [1.54, 1.807) is 14.0 Å². The second-order valence-electron chi connectivity index (χ2n) is 7.95. The van der Waals surface area contributed by atoms with E-state index in [9.17, 15) is 18.0 Å². The maximum atomic E-state index is 13.0. The largest absolute Gasteiger partial charge is 0.497 e. The standard InChI is InChI=1S/C20H29N3O5S/c1-4-22(16-10-12-29(26,27)13-16)14-23-18(24)20(2,21-19(23)25)11-9-15-5-7-17(28-3)8-6-15/h5-8,16H,4,9-14H2,1-3H3,(H,21,25)/t16-,20-/m1/s1. The molecule has 3 amide bonds. The number of aryl methyl sites for hydroxylation is 1. The summed E-state index contributed by atoms with van der Waals surface area (Å²) in [6.45, 7) is 4.33. The highest BCUT2D eigenvalue weighted by molar-refractivity contribution is 7.91. The Balaban J connectivity index is 1.64. The molecule has 160 valence electrons. The number of imide groups is 1. The lowest BCUT2D eigenvalue weighted by molar-refractivity contribution is -0.132. The van der Waals surface area contributed by atoms with Gasteiger partial charge in [-0.25, -0.2) is 18.1 Å². The number of ether oxygens (including phenoxy) is 1. The molecule has 1 aromatic rings. The van der Waals surface area contributed by atoms with E-state index in [1.807, 2.05) is 36.1 Å². The summed E-state index contributed by atoms with van der Waals surface area (Å²) in [6, 6.07) is 7.05. The number of nitrogens with one attached hydrogen (secondary N) is 1. The predicted molar refractivity (Wildman–Crippen MR) is 109 cm³/mol. The highest BCUT2D eigenvalue weighted by Crippen LogP contribution is 2.26. The van der Waals surface area contributed by atoms with Crippen LogP contribution in [0.1, 0.15) is 32.3 Å². The first kappa shape index (κ1) is 21.6. The molecule has 1 aromatic carbocycles. The summed E-state index contributed by atoms with van der Waals surface area (Å²) >= 11 is 0. The van der Waals surface area contributed by atoms with Gasteiger partial charge in [0.25, 0.3) is 5.91 Å². The van der Waals surface area contributed by atoms with Crippen molar-refractivity contribution in [2.24, 2.45) is 0 Å². The zero-order valence-electron chi connectivity index (χ0n) is 17.2. The molecule has 1 N–H and O–H groups in total. The van der Waals surface area contributed by atoms with Gasteiger partial charge in [0.1, 0.15) is 11.3 Å². The monoisotopic (exact) mass is 423 g/mol. The molecule has 2 atom stereocenters. The van der Waals surface area contributed by atoms with Crippen LogP contribution in [0.15, 0.2) is 24.3 Å². The Hall–Kier alpha value is -2.13. The molecule has 0 saturated carbocycles. The van der Waals surface area contributed by atoms with E-state index < -0.39 is 21.4 Å². The lowest BCUT2D eigenvalue weighted by Gasteiger charge is -2.30. The fourth-order valence-electron chi connectivity index (χ4n) is 3.95. The van der Waals surface area contributed by atoms with Crippen molar-refractivity contribution in [1.29, 1.82) is 0 Å². The van der Waals surface area contributed by atoms with Crippen LogP contribution >= 0.6 is 0 Å². The maximum absolute atomic E-state index is 13.0. The lowest BCUT2D eigenvalue weighted by atomic mass is 9.93. The number of sulfone groups is 1. The van der Waals surface area contributed by atoms with E-state index in [2.05, 4.69) is 5.32 Å². The molecule has 0 spiro atoms. The van der Waals surface area contributed by atoms with Crippen molar-refractivity contribution in [3.8, 4) is 5.75 Å². The van der Waals surface area contributed by atoms with Crippen molar-refractivity contribution < 1.29 is 22.7 Å². The molecule has 29 heavy (non-hydrogen) atoms. The van der Waals surface area contributed by atoms with Crippen LogP contribution in [-0.2, 0) is 21.1 Å². The zero-order chi connectivity index (χ0) is 21.2. The molecule has 0 bridgehead atoms. The first-order valence-corrected chi connectivity index (χ1v) is 11.7. The molecule has 9 heteroatoms. The Morgan fingerprint density at radius 3 is 2.52 bits per heavy atom. The smallest absolute Gasteiger partial charge is 0.326 e. The highest BCUT2D eigenvalue weighted by atomic mass is 32.2. The summed E-state index contributed by atoms with van der Waals surface area (Å²) < 4.78 is 28.7. The van der Waals surface area contributed by atoms with Gasteiger partial charge in [-0.15, -0.1) is 0 Å².